The first kappa shape index (κ1) is 10.4. The van der Waals surface area contributed by atoms with Crippen molar-refractivity contribution < 1.29 is 14.6 Å². The third-order valence-electron chi connectivity index (χ3n) is 1.65. The highest BCUT2D eigenvalue weighted by molar-refractivity contribution is 5.30. The molecule has 1 atom stereocenters. The van der Waals surface area contributed by atoms with Crippen LogP contribution in [0, 0.1) is 0 Å². The fourth-order valence-electron chi connectivity index (χ4n) is 0.959. The largest absolute Gasteiger partial charge is 0.508 e. The van der Waals surface area contributed by atoms with E-state index < -0.39 is 0 Å². The van der Waals surface area contributed by atoms with E-state index in [-0.39, 0.29) is 11.9 Å². The predicted octanol–water partition coefficient (Wildman–Crippen LogP) is 2.32. The van der Waals surface area contributed by atoms with Gasteiger partial charge in [0.15, 0.2) is 0 Å². The molecule has 76 valence electrons. The van der Waals surface area contributed by atoms with Crippen LogP contribution in [0.15, 0.2) is 37.1 Å². The maximum atomic E-state index is 9.02. The number of hydrogen-bond donors (Lipinski definition) is 1. The molecule has 0 fully saturated rings. The monoisotopic (exact) mass is 194 g/mol. The zero-order valence-corrected chi connectivity index (χ0v) is 8.14. The van der Waals surface area contributed by atoms with Crippen molar-refractivity contribution in [1.29, 1.82) is 0 Å². The molecule has 1 N–H and O–H groups in total. The minimum Gasteiger partial charge on any atom is -0.508 e. The van der Waals surface area contributed by atoms with Crippen molar-refractivity contribution in [3.05, 3.63) is 37.1 Å². The summed E-state index contributed by atoms with van der Waals surface area (Å²) in [4.78, 5) is 0. The average Bonchev–Trinajstić information content (AvgIpc) is 2.17. The lowest BCUT2D eigenvalue weighted by atomic mass is 10.3. The first-order valence-electron chi connectivity index (χ1n) is 4.40. The van der Waals surface area contributed by atoms with E-state index in [2.05, 4.69) is 6.58 Å². The minimum absolute atomic E-state index is 0.0266. The lowest BCUT2D eigenvalue weighted by molar-refractivity contribution is 0.103. The topological polar surface area (TPSA) is 38.7 Å². The van der Waals surface area contributed by atoms with Gasteiger partial charge in [0.1, 0.15) is 24.2 Å². The smallest absolute Gasteiger partial charge is 0.129 e. The van der Waals surface area contributed by atoms with Gasteiger partial charge in [-0.05, 0) is 31.2 Å². The van der Waals surface area contributed by atoms with Gasteiger partial charge < -0.3 is 14.6 Å². The molecule has 1 aromatic rings. The second kappa shape index (κ2) is 5.17. The summed E-state index contributed by atoms with van der Waals surface area (Å²) in [5.41, 5.74) is 0. The summed E-state index contributed by atoms with van der Waals surface area (Å²) in [6.45, 7) is 5.80. The molecule has 14 heavy (non-hydrogen) atoms. The van der Waals surface area contributed by atoms with E-state index in [9.17, 15) is 0 Å². The van der Waals surface area contributed by atoms with Crippen LogP contribution in [0.3, 0.4) is 0 Å². The molecule has 0 aromatic heterocycles. The molecule has 1 unspecified atom stereocenters. The second-order valence-corrected chi connectivity index (χ2v) is 2.92. The van der Waals surface area contributed by atoms with Gasteiger partial charge in [0, 0.05) is 0 Å². The van der Waals surface area contributed by atoms with Crippen LogP contribution in [0.4, 0.5) is 0 Å². The van der Waals surface area contributed by atoms with Crippen LogP contribution in [-0.4, -0.2) is 17.8 Å². The fraction of sp³-hybridized carbons (Fsp3) is 0.273. The Balaban J connectivity index is 2.37. The molecule has 0 saturated carbocycles. The Morgan fingerprint density at radius 1 is 1.43 bits per heavy atom. The van der Waals surface area contributed by atoms with Crippen LogP contribution in [0.25, 0.3) is 0 Å². The third-order valence-corrected chi connectivity index (χ3v) is 1.65. The molecular weight excluding hydrogens is 180 g/mol. The zero-order chi connectivity index (χ0) is 10.4. The van der Waals surface area contributed by atoms with Gasteiger partial charge in [0.2, 0.25) is 0 Å². The van der Waals surface area contributed by atoms with Crippen LogP contribution in [0.5, 0.6) is 11.5 Å². The van der Waals surface area contributed by atoms with Gasteiger partial charge in [-0.25, -0.2) is 0 Å². The van der Waals surface area contributed by atoms with Gasteiger partial charge in [0.25, 0.3) is 0 Å². The molecule has 0 saturated heterocycles. The van der Waals surface area contributed by atoms with Crippen molar-refractivity contribution in [2.75, 3.05) is 6.61 Å². The molecule has 0 radical (unpaired) electrons. The van der Waals surface area contributed by atoms with Crippen LogP contribution in [0.1, 0.15) is 6.92 Å². The molecule has 0 aliphatic rings. The summed E-state index contributed by atoms with van der Waals surface area (Å²) in [7, 11) is 0. The van der Waals surface area contributed by atoms with Crippen molar-refractivity contribution in [2.45, 2.75) is 13.0 Å². The van der Waals surface area contributed by atoms with Gasteiger partial charge in [-0.2, -0.15) is 0 Å². The molecule has 0 bridgehead atoms. The van der Waals surface area contributed by atoms with Gasteiger partial charge in [-0.1, -0.05) is 6.58 Å². The number of ether oxygens (including phenoxy) is 2. The molecular formula is C11H14O3. The molecule has 1 rings (SSSR count). The van der Waals surface area contributed by atoms with Gasteiger partial charge in [0.05, 0.1) is 6.26 Å². The Bertz CT molecular complexity index is 279. The SMILES string of the molecule is C=COC(C)COc1ccc(O)cc1. The molecule has 0 spiro atoms. The number of phenols is 1. The fourth-order valence-corrected chi connectivity index (χ4v) is 0.959. The van der Waals surface area contributed by atoms with Crippen LogP contribution < -0.4 is 4.74 Å². The quantitative estimate of drug-likeness (QED) is 0.731. The van der Waals surface area contributed by atoms with E-state index in [1.54, 1.807) is 24.3 Å². The highest BCUT2D eigenvalue weighted by Crippen LogP contribution is 2.16. The summed E-state index contributed by atoms with van der Waals surface area (Å²) in [5, 5.41) is 9.02. The lowest BCUT2D eigenvalue weighted by Crippen LogP contribution is -2.15. The van der Waals surface area contributed by atoms with Gasteiger partial charge in [-0.3, -0.25) is 0 Å². The lowest BCUT2D eigenvalue weighted by Gasteiger charge is -2.12. The van der Waals surface area contributed by atoms with E-state index in [0.29, 0.717) is 12.4 Å². The Kier molecular flexibility index (Phi) is 3.85. The first-order valence-corrected chi connectivity index (χ1v) is 4.40. The van der Waals surface area contributed by atoms with Crippen molar-refractivity contribution in [3.63, 3.8) is 0 Å². The highest BCUT2D eigenvalue weighted by atomic mass is 16.5. The van der Waals surface area contributed by atoms with Crippen molar-refractivity contribution in [3.8, 4) is 11.5 Å². The van der Waals surface area contributed by atoms with Crippen LogP contribution in [-0.2, 0) is 4.74 Å². The second-order valence-electron chi connectivity index (χ2n) is 2.92. The maximum Gasteiger partial charge on any atom is 0.129 e. The summed E-state index contributed by atoms with van der Waals surface area (Å²) >= 11 is 0. The first-order chi connectivity index (χ1) is 6.72. The van der Waals surface area contributed by atoms with Crippen LogP contribution >= 0.6 is 0 Å². The van der Waals surface area contributed by atoms with Gasteiger partial charge in [-0.15, -0.1) is 0 Å². The number of benzene rings is 1. The Hall–Kier alpha value is -1.64. The number of hydrogen-bond acceptors (Lipinski definition) is 3. The predicted molar refractivity (Wildman–Crippen MR) is 54.3 cm³/mol. The van der Waals surface area contributed by atoms with Crippen molar-refractivity contribution >= 4 is 0 Å². The maximum absolute atomic E-state index is 9.02. The van der Waals surface area contributed by atoms with E-state index in [0.717, 1.165) is 0 Å². The molecule has 0 aliphatic carbocycles. The number of rotatable bonds is 5. The standard InChI is InChI=1S/C11H14O3/c1-3-13-9(2)8-14-11-6-4-10(12)5-7-11/h3-7,9,12H,1,8H2,2H3. The highest BCUT2D eigenvalue weighted by Gasteiger charge is 2.01. The van der Waals surface area contributed by atoms with E-state index in [4.69, 9.17) is 14.6 Å². The summed E-state index contributed by atoms with van der Waals surface area (Å²) in [5.74, 6) is 0.940. The number of phenolic OH excluding ortho intramolecular Hbond substituents is 1. The van der Waals surface area contributed by atoms with Gasteiger partial charge >= 0.3 is 0 Å². The van der Waals surface area contributed by atoms with E-state index in [1.165, 1.54) is 6.26 Å². The summed E-state index contributed by atoms with van der Waals surface area (Å²) in [6.07, 6.45) is 1.37. The summed E-state index contributed by atoms with van der Waals surface area (Å²) in [6, 6.07) is 6.56. The molecule has 3 nitrogen and oxygen atoms in total. The minimum atomic E-state index is -0.0266. The zero-order valence-electron chi connectivity index (χ0n) is 8.14. The van der Waals surface area contributed by atoms with Crippen LogP contribution in [0.2, 0.25) is 0 Å². The molecule has 0 amide bonds. The third kappa shape index (κ3) is 3.39. The Morgan fingerprint density at radius 2 is 2.07 bits per heavy atom. The van der Waals surface area contributed by atoms with Crippen molar-refractivity contribution in [1.82, 2.24) is 0 Å². The van der Waals surface area contributed by atoms with E-state index in [1.807, 2.05) is 6.92 Å². The molecule has 0 heterocycles. The van der Waals surface area contributed by atoms with E-state index >= 15 is 0 Å². The molecule has 0 aliphatic heterocycles. The molecule has 1 aromatic carbocycles. The normalized spacial score (nSPS) is 11.8. The average molecular weight is 194 g/mol. The van der Waals surface area contributed by atoms with Crippen molar-refractivity contribution in [2.24, 2.45) is 0 Å². The molecule has 3 heteroatoms. The number of aromatic hydroxyl groups is 1. The Morgan fingerprint density at radius 3 is 2.64 bits per heavy atom. The Labute approximate surface area is 83.6 Å². The summed E-state index contributed by atoms with van der Waals surface area (Å²) < 4.78 is 10.5.